The Bertz CT molecular complexity index is 884. The van der Waals surface area contributed by atoms with Crippen LogP contribution in [0.5, 0.6) is 5.75 Å². The zero-order valence-electron chi connectivity index (χ0n) is 15.3. The van der Waals surface area contributed by atoms with E-state index in [2.05, 4.69) is 6.07 Å². The largest absolute Gasteiger partial charge is 0.484 e. The Morgan fingerprint density at radius 3 is 2.46 bits per heavy atom. The normalized spacial score (nSPS) is 10.6. The minimum Gasteiger partial charge on any atom is -0.484 e. The summed E-state index contributed by atoms with van der Waals surface area (Å²) in [7, 11) is 5.13. The molecule has 6 nitrogen and oxygen atoms in total. The van der Waals surface area contributed by atoms with E-state index >= 15 is 0 Å². The van der Waals surface area contributed by atoms with Gasteiger partial charge in [0.2, 0.25) is 0 Å². The molecule has 6 heteroatoms. The first-order valence-electron chi connectivity index (χ1n) is 8.05. The third-order valence-electron chi connectivity index (χ3n) is 4.10. The highest BCUT2D eigenvalue weighted by Gasteiger charge is 2.08. The van der Waals surface area contributed by atoms with Gasteiger partial charge in [-0.15, -0.1) is 0 Å². The molecule has 1 aromatic heterocycles. The molecule has 0 radical (unpaired) electrons. The number of hydrogen-bond acceptors (Lipinski definition) is 4. The number of ketones is 1. The van der Waals surface area contributed by atoms with E-state index in [0.29, 0.717) is 17.0 Å². The third kappa shape index (κ3) is 4.39. The number of amides is 1. The van der Waals surface area contributed by atoms with Gasteiger partial charge in [0.05, 0.1) is 0 Å². The van der Waals surface area contributed by atoms with Crippen LogP contribution in [0, 0.1) is 18.3 Å². The van der Waals surface area contributed by atoms with Crippen molar-refractivity contribution in [3.63, 3.8) is 0 Å². The average Bonchev–Trinajstić information content (AvgIpc) is 2.92. The first-order valence-corrected chi connectivity index (χ1v) is 8.05. The lowest BCUT2D eigenvalue weighted by Gasteiger charge is -2.11. The van der Waals surface area contributed by atoms with E-state index in [1.807, 2.05) is 14.0 Å². The van der Waals surface area contributed by atoms with Crippen LogP contribution in [0.1, 0.15) is 27.3 Å². The summed E-state index contributed by atoms with van der Waals surface area (Å²) in [4.78, 5) is 25.2. The van der Waals surface area contributed by atoms with Crippen LogP contribution in [0.2, 0.25) is 0 Å². The summed E-state index contributed by atoms with van der Waals surface area (Å²) < 4.78 is 7.17. The molecular formula is C20H21N3O3. The topological polar surface area (TPSA) is 75.3 Å². The second kappa shape index (κ2) is 8.17. The fourth-order valence-corrected chi connectivity index (χ4v) is 2.25. The monoisotopic (exact) mass is 351 g/mol. The Labute approximate surface area is 152 Å². The fraction of sp³-hybridized carbons (Fsp3) is 0.250. The average molecular weight is 351 g/mol. The predicted octanol–water partition coefficient (Wildman–Crippen LogP) is 2.57. The Balaban J connectivity index is 2.04. The van der Waals surface area contributed by atoms with Crippen LogP contribution in [0.25, 0.3) is 6.08 Å². The quantitative estimate of drug-likeness (QED) is 0.592. The summed E-state index contributed by atoms with van der Waals surface area (Å²) in [5.41, 5.74) is 2.81. The maximum Gasteiger partial charge on any atom is 0.259 e. The summed E-state index contributed by atoms with van der Waals surface area (Å²) in [5.74, 6) is 0.240. The summed E-state index contributed by atoms with van der Waals surface area (Å²) in [6.07, 6.45) is 3.19. The van der Waals surface area contributed by atoms with Gasteiger partial charge in [0.15, 0.2) is 12.4 Å². The number of aromatic nitrogens is 1. The highest BCUT2D eigenvalue weighted by molar-refractivity contribution is 6.06. The van der Waals surface area contributed by atoms with Gasteiger partial charge in [-0.25, -0.2) is 0 Å². The van der Waals surface area contributed by atoms with Crippen LogP contribution >= 0.6 is 0 Å². The number of allylic oxidation sites excluding steroid dienone is 1. The molecule has 1 amide bonds. The Morgan fingerprint density at radius 2 is 1.92 bits per heavy atom. The van der Waals surface area contributed by atoms with Crippen molar-refractivity contribution in [3.05, 3.63) is 58.9 Å². The minimum atomic E-state index is -0.150. The van der Waals surface area contributed by atoms with E-state index in [9.17, 15) is 9.59 Å². The Hall–Kier alpha value is -3.33. The smallest absolute Gasteiger partial charge is 0.259 e. The van der Waals surface area contributed by atoms with Gasteiger partial charge in [-0.05, 0) is 55.0 Å². The lowest BCUT2D eigenvalue weighted by atomic mass is 10.1. The fourth-order valence-electron chi connectivity index (χ4n) is 2.25. The Kier molecular flexibility index (Phi) is 5.97. The molecule has 0 aliphatic carbocycles. The first-order chi connectivity index (χ1) is 12.3. The van der Waals surface area contributed by atoms with Crippen LogP contribution in [0.15, 0.2) is 36.4 Å². The van der Waals surface area contributed by atoms with Gasteiger partial charge in [0, 0.05) is 32.4 Å². The molecule has 0 N–H and O–H groups in total. The van der Waals surface area contributed by atoms with Crippen molar-refractivity contribution >= 4 is 17.8 Å². The highest BCUT2D eigenvalue weighted by Crippen LogP contribution is 2.17. The van der Waals surface area contributed by atoms with Crippen molar-refractivity contribution in [3.8, 4) is 11.8 Å². The van der Waals surface area contributed by atoms with Crippen molar-refractivity contribution in [1.29, 1.82) is 5.26 Å². The molecule has 1 aromatic carbocycles. The summed E-state index contributed by atoms with van der Waals surface area (Å²) in [6.45, 7) is 1.85. The number of hydrogen-bond donors (Lipinski definition) is 0. The molecule has 1 heterocycles. The standard InChI is InChI=1S/C20H21N3O3/c1-14-16(11-17(12-21)23(14)4)7-10-19(24)15-5-8-18(9-6-15)26-13-20(25)22(2)3/h5-11H,13H2,1-4H3/b10-7+. The summed E-state index contributed by atoms with van der Waals surface area (Å²) in [5, 5.41) is 9.05. The third-order valence-corrected chi connectivity index (χ3v) is 4.10. The molecule has 0 unspecified atom stereocenters. The number of carbonyl (C=O) groups excluding carboxylic acids is 2. The van der Waals surface area contributed by atoms with Crippen molar-refractivity contribution in [2.75, 3.05) is 20.7 Å². The zero-order valence-corrected chi connectivity index (χ0v) is 15.3. The molecule has 0 spiro atoms. The SMILES string of the molecule is Cc1c(/C=C/C(=O)c2ccc(OCC(=O)N(C)C)cc2)cc(C#N)n1C. The number of benzene rings is 1. The molecule has 26 heavy (non-hydrogen) atoms. The number of nitriles is 1. The van der Waals surface area contributed by atoms with Gasteiger partial charge in [0.1, 0.15) is 17.5 Å². The Morgan fingerprint density at radius 1 is 1.27 bits per heavy atom. The van der Waals surface area contributed by atoms with Gasteiger partial charge < -0.3 is 14.2 Å². The van der Waals surface area contributed by atoms with Crippen LogP contribution < -0.4 is 4.74 Å². The molecule has 0 atom stereocenters. The van der Waals surface area contributed by atoms with Crippen molar-refractivity contribution in [2.24, 2.45) is 7.05 Å². The summed E-state index contributed by atoms with van der Waals surface area (Å²) >= 11 is 0. The van der Waals surface area contributed by atoms with Crippen LogP contribution in [0.4, 0.5) is 0 Å². The molecule has 0 aliphatic heterocycles. The maximum atomic E-state index is 12.3. The van der Waals surface area contributed by atoms with Gasteiger partial charge >= 0.3 is 0 Å². The van der Waals surface area contributed by atoms with E-state index in [0.717, 1.165) is 11.3 Å². The van der Waals surface area contributed by atoms with E-state index in [-0.39, 0.29) is 18.3 Å². The van der Waals surface area contributed by atoms with E-state index < -0.39 is 0 Å². The molecule has 0 saturated heterocycles. The van der Waals surface area contributed by atoms with E-state index in [4.69, 9.17) is 10.00 Å². The molecule has 2 aromatic rings. The molecule has 2 rings (SSSR count). The first kappa shape index (κ1) is 19.0. The predicted molar refractivity (Wildman–Crippen MR) is 98.9 cm³/mol. The van der Waals surface area contributed by atoms with Gasteiger partial charge in [-0.1, -0.05) is 0 Å². The van der Waals surface area contributed by atoms with Gasteiger partial charge in [-0.3, -0.25) is 9.59 Å². The van der Waals surface area contributed by atoms with E-state index in [1.54, 1.807) is 55.1 Å². The van der Waals surface area contributed by atoms with Crippen LogP contribution in [-0.2, 0) is 11.8 Å². The molecule has 0 saturated carbocycles. The zero-order chi connectivity index (χ0) is 19.3. The molecule has 134 valence electrons. The lowest BCUT2D eigenvalue weighted by molar-refractivity contribution is -0.130. The number of ether oxygens (including phenoxy) is 1. The van der Waals surface area contributed by atoms with Crippen molar-refractivity contribution in [2.45, 2.75) is 6.92 Å². The summed E-state index contributed by atoms with van der Waals surface area (Å²) in [6, 6.07) is 10.5. The van der Waals surface area contributed by atoms with Crippen molar-refractivity contribution in [1.82, 2.24) is 9.47 Å². The second-order valence-electron chi connectivity index (χ2n) is 6.04. The highest BCUT2D eigenvalue weighted by atomic mass is 16.5. The van der Waals surface area contributed by atoms with Gasteiger partial charge in [0.25, 0.3) is 5.91 Å². The molecule has 0 bridgehead atoms. The number of rotatable bonds is 6. The maximum absolute atomic E-state index is 12.3. The van der Waals surface area contributed by atoms with Crippen LogP contribution in [-0.4, -0.2) is 41.9 Å². The van der Waals surface area contributed by atoms with Crippen molar-refractivity contribution < 1.29 is 14.3 Å². The second-order valence-corrected chi connectivity index (χ2v) is 6.04. The number of carbonyl (C=O) groups is 2. The molecule has 0 fully saturated rings. The van der Waals surface area contributed by atoms with Gasteiger partial charge in [-0.2, -0.15) is 5.26 Å². The lowest BCUT2D eigenvalue weighted by Crippen LogP contribution is -2.27. The van der Waals surface area contributed by atoms with Crippen LogP contribution in [0.3, 0.4) is 0 Å². The molecular weight excluding hydrogens is 330 g/mol. The molecule has 0 aliphatic rings. The van der Waals surface area contributed by atoms with E-state index in [1.165, 1.54) is 11.0 Å². The minimum absolute atomic E-state index is 0.0469. The number of nitrogens with zero attached hydrogens (tertiary/aromatic N) is 3. The number of likely N-dealkylation sites (N-methyl/N-ethyl adjacent to an activating group) is 1.